The Morgan fingerprint density at radius 3 is 2.62 bits per heavy atom. The normalized spacial score (nSPS) is 15.5. The summed E-state index contributed by atoms with van der Waals surface area (Å²) in [5.41, 5.74) is 3.46. The van der Waals surface area contributed by atoms with Crippen molar-refractivity contribution in [2.75, 3.05) is 5.75 Å². The van der Waals surface area contributed by atoms with Gasteiger partial charge < -0.3 is 4.74 Å². The number of Topliss-reactive ketones (excluding diaryl/α,β-unsaturated/α-hetero) is 1. The second kappa shape index (κ2) is 9.55. The van der Waals surface area contributed by atoms with Crippen LogP contribution in [0.5, 0.6) is 0 Å². The average Bonchev–Trinajstić information content (AvgIpc) is 3.50. The van der Waals surface area contributed by atoms with Crippen molar-refractivity contribution in [3.05, 3.63) is 86.5 Å². The first-order chi connectivity index (χ1) is 17.9. The number of ether oxygens (including phenoxy) is 1. The summed E-state index contributed by atoms with van der Waals surface area (Å²) in [5, 5.41) is 10.2. The summed E-state index contributed by atoms with van der Waals surface area (Å²) in [7, 11) is 0. The highest BCUT2D eigenvalue weighted by Crippen LogP contribution is 2.37. The maximum atomic E-state index is 14.1. The number of carbonyl (C=O) groups excluding carboxylic acids is 1. The molecule has 0 N–H and O–H groups in total. The Bertz CT molecular complexity index is 1680. The summed E-state index contributed by atoms with van der Waals surface area (Å²) in [6.07, 6.45) is 0.755. The van der Waals surface area contributed by atoms with Gasteiger partial charge >= 0.3 is 0 Å². The Kier molecular flexibility index (Phi) is 6.22. The molecule has 0 spiro atoms. The maximum absolute atomic E-state index is 14.1. The Balaban J connectivity index is 1.54. The molecule has 0 saturated heterocycles. The molecule has 1 atom stereocenters. The van der Waals surface area contributed by atoms with Crippen LogP contribution < -0.4 is 5.56 Å². The van der Waals surface area contributed by atoms with E-state index >= 15 is 0 Å². The monoisotopic (exact) mass is 530 g/mol. The third-order valence-electron chi connectivity index (χ3n) is 6.81. The first kappa shape index (κ1) is 24.1. The van der Waals surface area contributed by atoms with Crippen LogP contribution >= 0.6 is 23.1 Å². The topological polar surface area (TPSA) is 78.5 Å². The molecule has 4 heterocycles. The minimum Gasteiger partial charge on any atom is -0.372 e. The largest absolute Gasteiger partial charge is 0.372 e. The van der Waals surface area contributed by atoms with Gasteiger partial charge in [0.25, 0.3) is 5.56 Å². The number of thiophene rings is 1. The predicted molar refractivity (Wildman–Crippen MR) is 147 cm³/mol. The van der Waals surface area contributed by atoms with Crippen LogP contribution in [0.15, 0.2) is 64.5 Å². The summed E-state index contributed by atoms with van der Waals surface area (Å²) >= 11 is 2.90. The molecule has 0 aliphatic carbocycles. The molecule has 9 heteroatoms. The number of aromatic nitrogens is 4. The molecule has 6 rings (SSSR count). The molecule has 1 aliphatic heterocycles. The fraction of sp³-hybridized carbons (Fsp3) is 0.286. The molecule has 1 aliphatic rings. The van der Waals surface area contributed by atoms with Gasteiger partial charge in [-0.25, -0.2) is 8.97 Å². The third kappa shape index (κ3) is 4.21. The SMILES string of the molecule is Cc1ccc(-n2c(=O)c3c4c(sc3n3c(SCC(=O)c5ccccc5)nnc23)CO[C@H](C(C)C)C4)cc1. The number of thioether (sulfide) groups is 1. The minimum atomic E-state index is -0.0995. The van der Waals surface area contributed by atoms with Gasteiger partial charge in [0.05, 0.1) is 29.5 Å². The zero-order valence-electron chi connectivity index (χ0n) is 20.8. The number of fused-ring (bicyclic) bond motifs is 5. The Morgan fingerprint density at radius 2 is 1.89 bits per heavy atom. The fourth-order valence-corrected chi connectivity index (χ4v) is 6.85. The van der Waals surface area contributed by atoms with Gasteiger partial charge in [-0.15, -0.1) is 21.5 Å². The Hall–Kier alpha value is -3.27. The van der Waals surface area contributed by atoms with E-state index in [0.717, 1.165) is 26.5 Å². The summed E-state index contributed by atoms with van der Waals surface area (Å²) in [5.74, 6) is 1.02. The van der Waals surface area contributed by atoms with Gasteiger partial charge in [0.2, 0.25) is 5.78 Å². The Labute approximate surface area is 222 Å². The van der Waals surface area contributed by atoms with E-state index in [9.17, 15) is 9.59 Å². The lowest BCUT2D eigenvalue weighted by Gasteiger charge is -2.26. The Morgan fingerprint density at radius 1 is 1.14 bits per heavy atom. The van der Waals surface area contributed by atoms with Crippen LogP contribution in [0.2, 0.25) is 0 Å². The van der Waals surface area contributed by atoms with Crippen molar-refractivity contribution in [2.24, 2.45) is 5.92 Å². The van der Waals surface area contributed by atoms with Crippen LogP contribution in [0.3, 0.4) is 0 Å². The van der Waals surface area contributed by atoms with E-state index in [1.165, 1.54) is 11.8 Å². The van der Waals surface area contributed by atoms with E-state index in [4.69, 9.17) is 4.74 Å². The van der Waals surface area contributed by atoms with Crippen molar-refractivity contribution >= 4 is 44.9 Å². The molecule has 0 radical (unpaired) electrons. The highest BCUT2D eigenvalue weighted by molar-refractivity contribution is 7.99. The summed E-state index contributed by atoms with van der Waals surface area (Å²) < 4.78 is 9.71. The number of hydrogen-bond acceptors (Lipinski definition) is 7. The molecule has 0 bridgehead atoms. The first-order valence-corrected chi connectivity index (χ1v) is 14.1. The van der Waals surface area contributed by atoms with Crippen LogP contribution in [0, 0.1) is 12.8 Å². The lowest BCUT2D eigenvalue weighted by Crippen LogP contribution is -2.28. The van der Waals surface area contributed by atoms with Crippen molar-refractivity contribution in [3.8, 4) is 5.69 Å². The van der Waals surface area contributed by atoms with Crippen LogP contribution in [-0.4, -0.2) is 36.8 Å². The lowest BCUT2D eigenvalue weighted by atomic mass is 9.96. The van der Waals surface area contributed by atoms with Crippen LogP contribution in [-0.2, 0) is 17.8 Å². The van der Waals surface area contributed by atoms with Crippen LogP contribution in [0.1, 0.15) is 40.2 Å². The van der Waals surface area contributed by atoms with E-state index in [-0.39, 0.29) is 23.2 Å². The molecular formula is C28H26N4O3S2. The smallest absolute Gasteiger partial charge is 0.268 e. The second-order valence-electron chi connectivity index (χ2n) is 9.65. The van der Waals surface area contributed by atoms with Crippen molar-refractivity contribution in [3.63, 3.8) is 0 Å². The van der Waals surface area contributed by atoms with Crippen LogP contribution in [0.4, 0.5) is 0 Å². The molecule has 5 aromatic rings. The molecule has 7 nitrogen and oxygen atoms in total. The van der Waals surface area contributed by atoms with Gasteiger partial charge in [0.1, 0.15) is 4.83 Å². The van der Waals surface area contributed by atoms with Crippen molar-refractivity contribution < 1.29 is 9.53 Å². The number of rotatable bonds is 6. The zero-order chi connectivity index (χ0) is 25.7. The van der Waals surface area contributed by atoms with Gasteiger partial charge in [-0.1, -0.05) is 73.6 Å². The minimum absolute atomic E-state index is 0.0177. The molecule has 0 fully saturated rings. The van der Waals surface area contributed by atoms with Crippen molar-refractivity contribution in [1.29, 1.82) is 0 Å². The second-order valence-corrected chi connectivity index (χ2v) is 11.7. The van der Waals surface area contributed by atoms with Gasteiger partial charge in [0.15, 0.2) is 10.9 Å². The van der Waals surface area contributed by atoms with E-state index in [1.54, 1.807) is 15.9 Å². The summed E-state index contributed by atoms with van der Waals surface area (Å²) in [4.78, 5) is 28.8. The van der Waals surface area contributed by atoms with Gasteiger partial charge in [-0.2, -0.15) is 0 Å². The van der Waals surface area contributed by atoms with Crippen molar-refractivity contribution in [2.45, 2.75) is 45.1 Å². The van der Waals surface area contributed by atoms with Gasteiger partial charge in [-0.05, 0) is 30.5 Å². The summed E-state index contributed by atoms with van der Waals surface area (Å²) in [6, 6.07) is 17.1. The molecular weight excluding hydrogens is 504 g/mol. The number of ketones is 1. The lowest BCUT2D eigenvalue weighted by molar-refractivity contribution is 0.00200. The van der Waals surface area contributed by atoms with Crippen molar-refractivity contribution in [1.82, 2.24) is 19.2 Å². The molecule has 37 heavy (non-hydrogen) atoms. The number of carbonyl (C=O) groups is 1. The molecule has 0 amide bonds. The standard InChI is InChI=1S/C28H26N4O3S2/c1-16(2)22-13-20-23(14-35-22)37-26-24(20)25(34)31(19-11-9-17(3)10-12-19)27-29-30-28(32(26)27)36-15-21(33)18-7-5-4-6-8-18/h4-12,16,22H,13-15H2,1-3H3/t22-/m0/s1. The predicted octanol–water partition coefficient (Wildman–Crippen LogP) is 5.48. The highest BCUT2D eigenvalue weighted by atomic mass is 32.2. The first-order valence-electron chi connectivity index (χ1n) is 12.3. The third-order valence-corrected chi connectivity index (χ3v) is 8.93. The summed E-state index contributed by atoms with van der Waals surface area (Å²) in [6.45, 7) is 6.79. The highest BCUT2D eigenvalue weighted by Gasteiger charge is 2.30. The number of benzene rings is 2. The number of aryl methyl sites for hydroxylation is 1. The molecule has 3 aromatic heterocycles. The number of hydrogen-bond donors (Lipinski definition) is 0. The number of nitrogens with zero attached hydrogens (tertiary/aromatic N) is 4. The average molecular weight is 531 g/mol. The van der Waals surface area contributed by atoms with E-state index in [1.807, 2.05) is 65.9 Å². The molecule has 0 unspecified atom stereocenters. The maximum Gasteiger partial charge on any atom is 0.268 e. The van der Waals surface area contributed by atoms with E-state index in [2.05, 4.69) is 24.0 Å². The van der Waals surface area contributed by atoms with E-state index in [0.29, 0.717) is 40.8 Å². The quantitative estimate of drug-likeness (QED) is 0.214. The molecule has 188 valence electrons. The van der Waals surface area contributed by atoms with Crippen LogP contribution in [0.25, 0.3) is 21.7 Å². The molecule has 2 aromatic carbocycles. The van der Waals surface area contributed by atoms with Gasteiger partial charge in [-0.3, -0.25) is 9.59 Å². The van der Waals surface area contributed by atoms with Gasteiger partial charge in [0, 0.05) is 16.9 Å². The van der Waals surface area contributed by atoms with E-state index < -0.39 is 0 Å². The molecule has 0 saturated carbocycles. The zero-order valence-corrected chi connectivity index (χ0v) is 22.4. The fourth-order valence-electron chi connectivity index (χ4n) is 4.72.